The molecule has 0 amide bonds. The molecule has 0 radical (unpaired) electrons. The van der Waals surface area contributed by atoms with Crippen molar-refractivity contribution in [3.63, 3.8) is 0 Å². The molecule has 0 saturated carbocycles. The molecule has 0 atom stereocenters. The zero-order valence-corrected chi connectivity index (χ0v) is 14.6. The van der Waals surface area contributed by atoms with Gasteiger partial charge in [0.15, 0.2) is 5.96 Å². The lowest BCUT2D eigenvalue weighted by Crippen LogP contribution is -2.36. The maximum Gasteiger partial charge on any atom is 0.213 e. The normalized spacial score (nSPS) is 12.5. The van der Waals surface area contributed by atoms with Crippen molar-refractivity contribution in [2.75, 3.05) is 6.54 Å². The number of aromatic nitrogens is 3. The zero-order chi connectivity index (χ0) is 16.9. The van der Waals surface area contributed by atoms with E-state index in [1.807, 2.05) is 26.4 Å². The van der Waals surface area contributed by atoms with Gasteiger partial charge in [-0.25, -0.2) is 9.98 Å². The van der Waals surface area contributed by atoms with Crippen molar-refractivity contribution in [1.82, 2.24) is 25.4 Å². The molecule has 7 heteroatoms. The number of nitrogens with zero attached hydrogens (tertiary/aromatic N) is 4. The van der Waals surface area contributed by atoms with Gasteiger partial charge in [0.1, 0.15) is 5.76 Å². The molecule has 2 aromatic rings. The van der Waals surface area contributed by atoms with Gasteiger partial charge in [-0.2, -0.15) is 5.10 Å². The molecule has 0 aliphatic carbocycles. The van der Waals surface area contributed by atoms with E-state index in [1.165, 1.54) is 0 Å². The first-order valence-corrected chi connectivity index (χ1v) is 7.83. The summed E-state index contributed by atoms with van der Waals surface area (Å²) in [6.07, 6.45) is 5.56. The predicted octanol–water partition coefficient (Wildman–Crippen LogP) is 1.96. The molecule has 126 valence electrons. The van der Waals surface area contributed by atoms with E-state index >= 15 is 0 Å². The molecule has 0 bridgehead atoms. The highest BCUT2D eigenvalue weighted by molar-refractivity contribution is 5.79. The van der Waals surface area contributed by atoms with E-state index in [0.717, 1.165) is 23.8 Å². The summed E-state index contributed by atoms with van der Waals surface area (Å²) >= 11 is 0. The molecule has 0 aromatic carbocycles. The summed E-state index contributed by atoms with van der Waals surface area (Å²) in [5.41, 5.74) is 1.03. The van der Waals surface area contributed by atoms with Gasteiger partial charge < -0.3 is 15.1 Å². The Labute approximate surface area is 137 Å². The molecule has 0 spiro atoms. The van der Waals surface area contributed by atoms with Crippen molar-refractivity contribution >= 4 is 5.96 Å². The van der Waals surface area contributed by atoms with Crippen LogP contribution < -0.4 is 10.6 Å². The molecule has 0 unspecified atom stereocenters. The van der Waals surface area contributed by atoms with Crippen molar-refractivity contribution < 1.29 is 4.42 Å². The topological polar surface area (TPSA) is 80.3 Å². The van der Waals surface area contributed by atoms with Crippen LogP contribution in [0.3, 0.4) is 0 Å². The van der Waals surface area contributed by atoms with Gasteiger partial charge in [-0.15, -0.1) is 0 Å². The number of rotatable bonds is 5. The minimum absolute atomic E-state index is 0.0376. The molecular weight excluding hydrogens is 292 g/mol. The van der Waals surface area contributed by atoms with Crippen LogP contribution in [0.25, 0.3) is 0 Å². The Hall–Kier alpha value is -2.31. The molecule has 2 rings (SSSR count). The Balaban J connectivity index is 1.95. The average Bonchev–Trinajstić information content (AvgIpc) is 3.10. The van der Waals surface area contributed by atoms with Crippen LogP contribution in [-0.2, 0) is 25.6 Å². The Bertz CT molecular complexity index is 650. The van der Waals surface area contributed by atoms with Gasteiger partial charge in [0, 0.05) is 30.8 Å². The summed E-state index contributed by atoms with van der Waals surface area (Å²) in [5, 5.41) is 10.6. The van der Waals surface area contributed by atoms with Gasteiger partial charge in [-0.05, 0) is 6.92 Å². The van der Waals surface area contributed by atoms with Crippen molar-refractivity contribution in [3.05, 3.63) is 35.8 Å². The maximum atomic E-state index is 5.77. The summed E-state index contributed by atoms with van der Waals surface area (Å²) in [7, 11) is 1.89. The number of hydrogen-bond acceptors (Lipinski definition) is 4. The predicted molar refractivity (Wildman–Crippen MR) is 90.1 cm³/mol. The first-order valence-electron chi connectivity index (χ1n) is 7.83. The number of aryl methyl sites for hydroxylation is 1. The smallest absolute Gasteiger partial charge is 0.213 e. The van der Waals surface area contributed by atoms with E-state index in [-0.39, 0.29) is 5.41 Å². The van der Waals surface area contributed by atoms with Crippen molar-refractivity contribution in [2.24, 2.45) is 12.0 Å². The number of aliphatic imine (C=N–C) groups is 1. The van der Waals surface area contributed by atoms with E-state index in [1.54, 1.807) is 10.9 Å². The van der Waals surface area contributed by atoms with Gasteiger partial charge >= 0.3 is 0 Å². The lowest BCUT2D eigenvalue weighted by atomic mass is 9.94. The van der Waals surface area contributed by atoms with E-state index < -0.39 is 0 Å². The second-order valence-electron chi connectivity index (χ2n) is 6.44. The number of oxazole rings is 1. The number of hydrogen-bond donors (Lipinski definition) is 2. The van der Waals surface area contributed by atoms with Crippen LogP contribution in [-0.4, -0.2) is 27.3 Å². The minimum atomic E-state index is -0.0376. The summed E-state index contributed by atoms with van der Waals surface area (Å²) in [5.74, 6) is 2.26. The van der Waals surface area contributed by atoms with Crippen molar-refractivity contribution in [3.8, 4) is 0 Å². The highest BCUT2D eigenvalue weighted by Crippen LogP contribution is 2.22. The van der Waals surface area contributed by atoms with Gasteiger partial charge in [0.25, 0.3) is 0 Å². The zero-order valence-electron chi connectivity index (χ0n) is 14.6. The molecule has 7 nitrogen and oxygen atoms in total. The van der Waals surface area contributed by atoms with Gasteiger partial charge in [-0.1, -0.05) is 20.8 Å². The average molecular weight is 318 g/mol. The molecule has 0 aliphatic heterocycles. The lowest BCUT2D eigenvalue weighted by Gasteiger charge is -2.13. The van der Waals surface area contributed by atoms with Crippen molar-refractivity contribution in [2.45, 2.75) is 46.2 Å². The highest BCUT2D eigenvalue weighted by Gasteiger charge is 2.19. The summed E-state index contributed by atoms with van der Waals surface area (Å²) in [4.78, 5) is 8.85. The fraction of sp³-hybridized carbons (Fsp3) is 0.562. The largest absolute Gasteiger partial charge is 0.443 e. The molecule has 0 aliphatic rings. The van der Waals surface area contributed by atoms with Crippen LogP contribution >= 0.6 is 0 Å². The number of nitrogens with one attached hydrogen (secondary N) is 2. The van der Waals surface area contributed by atoms with Crippen LogP contribution in [0.1, 0.15) is 44.9 Å². The highest BCUT2D eigenvalue weighted by atomic mass is 16.4. The maximum absolute atomic E-state index is 5.77. The van der Waals surface area contributed by atoms with Crippen LogP contribution in [0.15, 0.2) is 28.0 Å². The SMILES string of the molecule is CCNC(=NCc1cnn(C)c1)NCc1ncc(C(C)(C)C)o1. The Morgan fingerprint density at radius 2 is 2.09 bits per heavy atom. The third kappa shape index (κ3) is 5.12. The molecule has 0 fully saturated rings. The van der Waals surface area contributed by atoms with Crippen LogP contribution in [0.5, 0.6) is 0 Å². The van der Waals surface area contributed by atoms with Gasteiger partial charge in [0.05, 0.1) is 25.5 Å². The van der Waals surface area contributed by atoms with E-state index in [4.69, 9.17) is 4.42 Å². The van der Waals surface area contributed by atoms with Crippen LogP contribution in [0.4, 0.5) is 0 Å². The van der Waals surface area contributed by atoms with Gasteiger partial charge in [-0.3, -0.25) is 4.68 Å². The second kappa shape index (κ2) is 7.30. The molecular formula is C16H26N6O. The van der Waals surface area contributed by atoms with E-state index in [2.05, 4.69) is 46.5 Å². The molecule has 2 heterocycles. The quantitative estimate of drug-likeness (QED) is 0.651. The Morgan fingerprint density at radius 3 is 2.65 bits per heavy atom. The molecule has 2 aromatic heterocycles. The minimum Gasteiger partial charge on any atom is -0.443 e. The number of guanidine groups is 1. The molecule has 23 heavy (non-hydrogen) atoms. The second-order valence-corrected chi connectivity index (χ2v) is 6.44. The fourth-order valence-corrected chi connectivity index (χ4v) is 1.96. The molecule has 2 N–H and O–H groups in total. The van der Waals surface area contributed by atoms with Gasteiger partial charge in [0.2, 0.25) is 5.89 Å². The molecule has 0 saturated heterocycles. The van der Waals surface area contributed by atoms with E-state index in [0.29, 0.717) is 19.0 Å². The van der Waals surface area contributed by atoms with E-state index in [9.17, 15) is 0 Å². The van der Waals surface area contributed by atoms with Crippen LogP contribution in [0, 0.1) is 0 Å². The van der Waals surface area contributed by atoms with Crippen LogP contribution in [0.2, 0.25) is 0 Å². The first kappa shape index (κ1) is 17.1. The standard InChI is InChI=1S/C16H26N6O/c1-6-17-15(19-7-12-8-21-22(5)11-12)20-10-14-18-9-13(23-14)16(2,3)4/h8-9,11H,6-7,10H2,1-5H3,(H2,17,19,20). The summed E-state index contributed by atoms with van der Waals surface area (Å²) < 4.78 is 7.54. The Morgan fingerprint density at radius 1 is 1.30 bits per heavy atom. The monoisotopic (exact) mass is 318 g/mol. The third-order valence-electron chi connectivity index (χ3n) is 3.22. The summed E-state index contributed by atoms with van der Waals surface area (Å²) in [6, 6.07) is 0. The van der Waals surface area contributed by atoms with Crippen molar-refractivity contribution in [1.29, 1.82) is 0 Å². The summed E-state index contributed by atoms with van der Waals surface area (Å²) in [6.45, 7) is 10.2. The lowest BCUT2D eigenvalue weighted by molar-refractivity contribution is 0.379. The third-order valence-corrected chi connectivity index (χ3v) is 3.22. The first-order chi connectivity index (χ1) is 10.9. The Kier molecular flexibility index (Phi) is 5.41. The fourth-order valence-electron chi connectivity index (χ4n) is 1.96.